The van der Waals surface area contributed by atoms with Gasteiger partial charge in [0.2, 0.25) is 0 Å². The fraction of sp³-hybridized carbons (Fsp3) is 0.500. The summed E-state index contributed by atoms with van der Waals surface area (Å²) < 4.78 is 17.0. The standard InChI is InChI=1S/C28H34FN5O3/c1-4-19-15-25(27(35)33-11-7-5-6-8-17(33)2)30-26-16-24(31-34(19)26)22-10-9-20(14-23(22)29)32(3)21-12-18(13-21)28(36)37/h9-10,14-18,21H,4-8,11-13H2,1-3H3,(H,36,37)/t17-,18-,21+/m1/s1. The predicted octanol–water partition coefficient (Wildman–Crippen LogP) is 4.80. The highest BCUT2D eigenvalue weighted by atomic mass is 19.1. The first-order valence-corrected chi connectivity index (χ1v) is 13.2. The maximum Gasteiger partial charge on any atom is 0.306 e. The molecule has 1 N–H and O–H groups in total. The number of fused-ring (bicyclic) bond motifs is 1. The molecule has 9 heteroatoms. The lowest BCUT2D eigenvalue weighted by Gasteiger charge is -2.40. The predicted molar refractivity (Wildman–Crippen MR) is 139 cm³/mol. The van der Waals surface area contributed by atoms with Crippen molar-refractivity contribution in [1.82, 2.24) is 19.5 Å². The van der Waals surface area contributed by atoms with Crippen LogP contribution in [0.2, 0.25) is 0 Å². The Morgan fingerprint density at radius 3 is 2.65 bits per heavy atom. The van der Waals surface area contributed by atoms with Crippen molar-refractivity contribution >= 4 is 23.2 Å². The van der Waals surface area contributed by atoms with Crippen LogP contribution in [-0.2, 0) is 11.2 Å². The zero-order chi connectivity index (χ0) is 26.3. The lowest BCUT2D eigenvalue weighted by molar-refractivity contribution is -0.145. The van der Waals surface area contributed by atoms with Crippen molar-refractivity contribution in [2.24, 2.45) is 5.92 Å². The van der Waals surface area contributed by atoms with E-state index in [0.29, 0.717) is 47.5 Å². The van der Waals surface area contributed by atoms with Crippen molar-refractivity contribution in [2.75, 3.05) is 18.5 Å². The van der Waals surface area contributed by atoms with Crippen molar-refractivity contribution in [3.63, 3.8) is 0 Å². The number of rotatable bonds is 6. The summed E-state index contributed by atoms with van der Waals surface area (Å²) >= 11 is 0. The van der Waals surface area contributed by atoms with Gasteiger partial charge < -0.3 is 14.9 Å². The van der Waals surface area contributed by atoms with Crippen LogP contribution < -0.4 is 4.90 Å². The Morgan fingerprint density at radius 2 is 1.95 bits per heavy atom. The van der Waals surface area contributed by atoms with Crippen LogP contribution in [0, 0.1) is 11.7 Å². The fourth-order valence-electron chi connectivity index (χ4n) is 5.50. The number of carbonyl (C=O) groups excluding carboxylic acids is 1. The highest BCUT2D eigenvalue weighted by Crippen LogP contribution is 2.35. The molecule has 37 heavy (non-hydrogen) atoms. The van der Waals surface area contributed by atoms with Gasteiger partial charge in [-0.3, -0.25) is 9.59 Å². The molecule has 0 unspecified atom stereocenters. The number of carbonyl (C=O) groups is 2. The average molecular weight is 508 g/mol. The summed E-state index contributed by atoms with van der Waals surface area (Å²) in [5, 5.41) is 13.8. The van der Waals surface area contributed by atoms with Crippen LogP contribution in [0.1, 0.15) is 68.6 Å². The van der Waals surface area contributed by atoms with Crippen molar-refractivity contribution in [2.45, 2.75) is 70.9 Å². The molecule has 1 aromatic carbocycles. The van der Waals surface area contributed by atoms with E-state index in [4.69, 9.17) is 5.11 Å². The molecule has 8 nitrogen and oxygen atoms in total. The van der Waals surface area contributed by atoms with Gasteiger partial charge in [0.15, 0.2) is 5.65 Å². The molecular formula is C28H34FN5O3. The van der Waals surface area contributed by atoms with Gasteiger partial charge in [-0.15, -0.1) is 0 Å². The van der Waals surface area contributed by atoms with Crippen LogP contribution in [0.3, 0.4) is 0 Å². The minimum absolute atomic E-state index is 0.0611. The molecule has 196 valence electrons. The summed E-state index contributed by atoms with van der Waals surface area (Å²) in [6.07, 6.45) is 6.04. The van der Waals surface area contributed by atoms with Gasteiger partial charge in [0.25, 0.3) is 5.91 Å². The van der Waals surface area contributed by atoms with Crippen molar-refractivity contribution in [3.05, 3.63) is 47.5 Å². The van der Waals surface area contributed by atoms with E-state index in [0.717, 1.165) is 37.9 Å². The second-order valence-electron chi connectivity index (χ2n) is 10.4. The van der Waals surface area contributed by atoms with Gasteiger partial charge in [0, 0.05) is 48.7 Å². The second kappa shape index (κ2) is 10.1. The molecule has 1 saturated heterocycles. The van der Waals surface area contributed by atoms with Gasteiger partial charge in [-0.05, 0) is 63.3 Å². The molecule has 1 atom stereocenters. The molecule has 1 aliphatic heterocycles. The summed E-state index contributed by atoms with van der Waals surface area (Å²) in [5.41, 5.74) is 3.28. The smallest absolute Gasteiger partial charge is 0.306 e. The number of anilines is 1. The third-order valence-corrected chi connectivity index (χ3v) is 8.04. The molecule has 3 heterocycles. The number of aliphatic carboxylic acids is 1. The summed E-state index contributed by atoms with van der Waals surface area (Å²) in [6, 6.07) is 8.80. The molecule has 1 saturated carbocycles. The quantitative estimate of drug-likeness (QED) is 0.515. The monoisotopic (exact) mass is 507 g/mol. The van der Waals surface area contributed by atoms with Gasteiger partial charge in [0.05, 0.1) is 11.6 Å². The number of halogens is 1. The summed E-state index contributed by atoms with van der Waals surface area (Å²) in [5.74, 6) is -1.57. The minimum atomic E-state index is -0.774. The Bertz CT molecular complexity index is 1330. The molecule has 0 spiro atoms. The molecule has 3 aromatic rings. The molecule has 2 aromatic heterocycles. The number of hydrogen-bond acceptors (Lipinski definition) is 5. The Morgan fingerprint density at radius 1 is 1.16 bits per heavy atom. The second-order valence-corrected chi connectivity index (χ2v) is 10.4. The highest BCUT2D eigenvalue weighted by Gasteiger charge is 2.37. The van der Waals surface area contributed by atoms with E-state index >= 15 is 4.39 Å². The van der Waals surface area contributed by atoms with Gasteiger partial charge in [-0.2, -0.15) is 5.10 Å². The van der Waals surface area contributed by atoms with E-state index in [1.807, 2.05) is 29.8 Å². The van der Waals surface area contributed by atoms with Gasteiger partial charge in [0.1, 0.15) is 11.5 Å². The van der Waals surface area contributed by atoms with Crippen LogP contribution in [-0.4, -0.2) is 62.2 Å². The van der Waals surface area contributed by atoms with Crippen LogP contribution in [0.15, 0.2) is 30.3 Å². The van der Waals surface area contributed by atoms with Crippen molar-refractivity contribution < 1.29 is 19.1 Å². The number of carboxylic acid groups (broad SMARTS) is 1. The number of nitrogens with zero attached hydrogens (tertiary/aromatic N) is 5. The van der Waals surface area contributed by atoms with Crippen LogP contribution in [0.5, 0.6) is 0 Å². The topological polar surface area (TPSA) is 91.0 Å². The van der Waals surface area contributed by atoms with Gasteiger partial charge in [-0.25, -0.2) is 13.9 Å². The van der Waals surface area contributed by atoms with Gasteiger partial charge >= 0.3 is 5.97 Å². The largest absolute Gasteiger partial charge is 0.481 e. The maximum atomic E-state index is 15.3. The Kier molecular flexibility index (Phi) is 6.88. The fourth-order valence-corrected chi connectivity index (χ4v) is 5.50. The zero-order valence-corrected chi connectivity index (χ0v) is 21.7. The third kappa shape index (κ3) is 4.79. The lowest BCUT2D eigenvalue weighted by Crippen LogP contribution is -2.45. The molecule has 2 fully saturated rings. The SMILES string of the molecule is CCc1cc(C(=O)N2CCCCC[C@H]2C)nc2cc(-c3ccc(N(C)[C@H]4C[C@@H](C(=O)O)C4)cc3F)nn12. The molecule has 5 rings (SSSR count). The zero-order valence-electron chi connectivity index (χ0n) is 21.7. The molecule has 1 amide bonds. The van der Waals surface area contributed by atoms with E-state index in [1.165, 1.54) is 6.07 Å². The molecule has 1 aliphatic carbocycles. The number of carboxylic acids is 1. The van der Waals surface area contributed by atoms with Crippen LogP contribution >= 0.6 is 0 Å². The van der Waals surface area contributed by atoms with E-state index in [-0.39, 0.29) is 23.9 Å². The number of likely N-dealkylation sites (tertiary alicyclic amines) is 1. The van der Waals surface area contributed by atoms with Crippen LogP contribution in [0.25, 0.3) is 16.9 Å². The first-order chi connectivity index (χ1) is 17.8. The van der Waals surface area contributed by atoms with E-state index in [9.17, 15) is 9.59 Å². The first-order valence-electron chi connectivity index (χ1n) is 13.2. The summed E-state index contributed by atoms with van der Waals surface area (Å²) in [7, 11) is 1.86. The first kappa shape index (κ1) is 25.2. The van der Waals surface area contributed by atoms with E-state index in [1.54, 1.807) is 22.7 Å². The third-order valence-electron chi connectivity index (χ3n) is 8.04. The lowest BCUT2D eigenvalue weighted by atomic mass is 9.79. The summed E-state index contributed by atoms with van der Waals surface area (Å²) in [6.45, 7) is 4.83. The maximum absolute atomic E-state index is 15.3. The summed E-state index contributed by atoms with van der Waals surface area (Å²) in [4.78, 5) is 33.0. The number of hydrogen-bond donors (Lipinski definition) is 1. The van der Waals surface area contributed by atoms with Crippen LogP contribution in [0.4, 0.5) is 10.1 Å². The van der Waals surface area contributed by atoms with Crippen molar-refractivity contribution in [1.29, 1.82) is 0 Å². The normalized spacial score (nSPS) is 21.9. The Hall–Kier alpha value is -3.49. The Balaban J connectivity index is 1.42. The van der Waals surface area contributed by atoms with Gasteiger partial charge in [-0.1, -0.05) is 19.8 Å². The Labute approximate surface area is 216 Å². The minimum Gasteiger partial charge on any atom is -0.481 e. The molecular weight excluding hydrogens is 473 g/mol. The van der Waals surface area contributed by atoms with Crippen molar-refractivity contribution in [3.8, 4) is 11.3 Å². The number of amides is 1. The molecule has 2 aliphatic rings. The molecule has 0 radical (unpaired) electrons. The molecule has 0 bridgehead atoms. The van der Waals surface area contributed by atoms with E-state index in [2.05, 4.69) is 17.0 Å². The van der Waals surface area contributed by atoms with E-state index < -0.39 is 11.8 Å². The number of benzene rings is 1. The number of aromatic nitrogens is 3. The number of aryl methyl sites for hydroxylation is 1. The highest BCUT2D eigenvalue weighted by molar-refractivity contribution is 5.93. The average Bonchev–Trinajstić information content (AvgIpc) is 3.15.